The van der Waals surface area contributed by atoms with E-state index in [4.69, 9.17) is 9.15 Å². The molecular formula is C11H19NO3. The molecule has 0 radical (unpaired) electrons. The van der Waals surface area contributed by atoms with Gasteiger partial charge in [-0.15, -0.1) is 0 Å². The van der Waals surface area contributed by atoms with E-state index < -0.39 is 6.10 Å². The first-order valence-corrected chi connectivity index (χ1v) is 5.02. The standard InChI is InChI=1S/C11H19NO3/c1-11(2,14-3)8-12-7-9(13)10-5-4-6-15-10/h4-6,9,12-13H,7-8H2,1-3H3. The summed E-state index contributed by atoms with van der Waals surface area (Å²) in [5.41, 5.74) is -0.219. The molecule has 2 N–H and O–H groups in total. The molecule has 0 amide bonds. The van der Waals surface area contributed by atoms with E-state index in [-0.39, 0.29) is 5.60 Å². The van der Waals surface area contributed by atoms with E-state index in [0.29, 0.717) is 18.8 Å². The van der Waals surface area contributed by atoms with Crippen molar-refractivity contribution in [2.24, 2.45) is 0 Å². The Bertz CT molecular complexity index is 269. The van der Waals surface area contributed by atoms with Crippen molar-refractivity contribution in [3.63, 3.8) is 0 Å². The van der Waals surface area contributed by atoms with Crippen LogP contribution in [-0.2, 0) is 4.74 Å². The number of ether oxygens (including phenoxy) is 1. The van der Waals surface area contributed by atoms with Crippen molar-refractivity contribution in [3.8, 4) is 0 Å². The fourth-order valence-corrected chi connectivity index (χ4v) is 1.16. The van der Waals surface area contributed by atoms with Crippen LogP contribution in [0.2, 0.25) is 0 Å². The van der Waals surface area contributed by atoms with Crippen LogP contribution >= 0.6 is 0 Å². The number of aliphatic hydroxyl groups excluding tert-OH is 1. The minimum atomic E-state index is -0.604. The molecule has 0 spiro atoms. The van der Waals surface area contributed by atoms with Gasteiger partial charge in [-0.1, -0.05) is 0 Å². The van der Waals surface area contributed by atoms with Gasteiger partial charge in [0.25, 0.3) is 0 Å². The van der Waals surface area contributed by atoms with Gasteiger partial charge < -0.3 is 19.6 Å². The highest BCUT2D eigenvalue weighted by atomic mass is 16.5. The van der Waals surface area contributed by atoms with Gasteiger partial charge in [0.05, 0.1) is 11.9 Å². The second-order valence-corrected chi connectivity index (χ2v) is 4.13. The second-order valence-electron chi connectivity index (χ2n) is 4.13. The molecule has 0 aliphatic carbocycles. The van der Waals surface area contributed by atoms with Crippen molar-refractivity contribution in [2.45, 2.75) is 25.6 Å². The third-order valence-corrected chi connectivity index (χ3v) is 2.31. The van der Waals surface area contributed by atoms with Crippen molar-refractivity contribution in [1.82, 2.24) is 5.32 Å². The average Bonchev–Trinajstić information content (AvgIpc) is 2.70. The molecule has 0 aliphatic rings. The van der Waals surface area contributed by atoms with Gasteiger partial charge in [-0.25, -0.2) is 0 Å². The molecular weight excluding hydrogens is 194 g/mol. The van der Waals surface area contributed by atoms with Crippen LogP contribution in [0, 0.1) is 0 Å². The number of rotatable bonds is 6. The number of hydrogen-bond acceptors (Lipinski definition) is 4. The van der Waals surface area contributed by atoms with Gasteiger partial charge in [0.1, 0.15) is 11.9 Å². The van der Waals surface area contributed by atoms with E-state index >= 15 is 0 Å². The molecule has 0 saturated carbocycles. The van der Waals surface area contributed by atoms with E-state index in [2.05, 4.69) is 5.32 Å². The minimum absolute atomic E-state index is 0.219. The molecule has 1 unspecified atom stereocenters. The van der Waals surface area contributed by atoms with Crippen molar-refractivity contribution >= 4 is 0 Å². The van der Waals surface area contributed by atoms with Crippen molar-refractivity contribution < 1.29 is 14.3 Å². The van der Waals surface area contributed by atoms with E-state index in [1.54, 1.807) is 25.5 Å². The topological polar surface area (TPSA) is 54.6 Å². The minimum Gasteiger partial charge on any atom is -0.467 e. The van der Waals surface area contributed by atoms with Gasteiger partial charge in [0, 0.05) is 20.2 Å². The van der Waals surface area contributed by atoms with Crippen molar-refractivity contribution in [1.29, 1.82) is 0 Å². The van der Waals surface area contributed by atoms with Crippen LogP contribution in [0.4, 0.5) is 0 Å². The molecule has 0 aliphatic heterocycles. The first-order chi connectivity index (χ1) is 7.05. The van der Waals surface area contributed by atoms with E-state index in [9.17, 15) is 5.11 Å². The molecule has 1 heterocycles. The molecule has 0 saturated heterocycles. The highest BCUT2D eigenvalue weighted by Crippen LogP contribution is 2.12. The molecule has 15 heavy (non-hydrogen) atoms. The Kier molecular flexibility index (Phi) is 4.32. The van der Waals surface area contributed by atoms with Crippen LogP contribution in [0.25, 0.3) is 0 Å². The number of methoxy groups -OCH3 is 1. The summed E-state index contributed by atoms with van der Waals surface area (Å²) in [6.07, 6.45) is 0.949. The average molecular weight is 213 g/mol. The third-order valence-electron chi connectivity index (χ3n) is 2.31. The van der Waals surface area contributed by atoms with E-state index in [0.717, 1.165) is 0 Å². The van der Waals surface area contributed by atoms with Crippen molar-refractivity contribution in [3.05, 3.63) is 24.2 Å². The summed E-state index contributed by atoms with van der Waals surface area (Å²) in [6.45, 7) is 5.11. The zero-order valence-electron chi connectivity index (χ0n) is 9.49. The smallest absolute Gasteiger partial charge is 0.133 e. The lowest BCUT2D eigenvalue weighted by Crippen LogP contribution is -2.38. The molecule has 1 atom stereocenters. The summed E-state index contributed by atoms with van der Waals surface area (Å²) in [6, 6.07) is 3.52. The number of hydrogen-bond donors (Lipinski definition) is 2. The molecule has 86 valence electrons. The Balaban J connectivity index is 2.26. The first-order valence-electron chi connectivity index (χ1n) is 5.02. The van der Waals surface area contributed by atoms with Gasteiger partial charge in [-0.2, -0.15) is 0 Å². The maximum atomic E-state index is 9.68. The lowest BCUT2D eigenvalue weighted by Gasteiger charge is -2.23. The second kappa shape index (κ2) is 5.30. The van der Waals surface area contributed by atoms with Crippen LogP contribution in [0.15, 0.2) is 22.8 Å². The zero-order valence-corrected chi connectivity index (χ0v) is 9.49. The largest absolute Gasteiger partial charge is 0.467 e. The van der Waals surface area contributed by atoms with E-state index in [1.807, 2.05) is 13.8 Å². The lowest BCUT2D eigenvalue weighted by atomic mass is 10.1. The predicted molar refractivity (Wildman–Crippen MR) is 57.6 cm³/mol. The Morgan fingerprint density at radius 3 is 2.87 bits per heavy atom. The summed E-state index contributed by atoms with van der Waals surface area (Å²) in [7, 11) is 1.67. The Labute approximate surface area is 90.2 Å². The van der Waals surface area contributed by atoms with Gasteiger partial charge in [0.15, 0.2) is 0 Å². The molecule has 1 aromatic rings. The van der Waals surface area contributed by atoms with Gasteiger partial charge >= 0.3 is 0 Å². The Hall–Kier alpha value is -0.840. The Morgan fingerprint density at radius 2 is 2.33 bits per heavy atom. The van der Waals surface area contributed by atoms with Crippen LogP contribution in [-0.4, -0.2) is 30.9 Å². The fourth-order valence-electron chi connectivity index (χ4n) is 1.16. The van der Waals surface area contributed by atoms with Crippen LogP contribution in [0.5, 0.6) is 0 Å². The number of aliphatic hydroxyl groups is 1. The maximum Gasteiger partial charge on any atom is 0.133 e. The molecule has 0 fully saturated rings. The Morgan fingerprint density at radius 1 is 1.60 bits per heavy atom. The van der Waals surface area contributed by atoms with Crippen LogP contribution in [0.3, 0.4) is 0 Å². The molecule has 4 nitrogen and oxygen atoms in total. The summed E-state index contributed by atoms with van der Waals surface area (Å²) >= 11 is 0. The maximum absolute atomic E-state index is 9.68. The quantitative estimate of drug-likeness (QED) is 0.748. The molecule has 0 bridgehead atoms. The monoisotopic (exact) mass is 213 g/mol. The summed E-state index contributed by atoms with van der Waals surface area (Å²) in [4.78, 5) is 0. The number of nitrogens with one attached hydrogen (secondary N) is 1. The SMILES string of the molecule is COC(C)(C)CNCC(O)c1ccco1. The van der Waals surface area contributed by atoms with Crippen LogP contribution in [0.1, 0.15) is 25.7 Å². The highest BCUT2D eigenvalue weighted by molar-refractivity contribution is 5.02. The molecule has 0 aromatic carbocycles. The van der Waals surface area contributed by atoms with Gasteiger partial charge in [-0.3, -0.25) is 0 Å². The zero-order chi connectivity index (χ0) is 11.3. The highest BCUT2D eigenvalue weighted by Gasteiger charge is 2.17. The fraction of sp³-hybridized carbons (Fsp3) is 0.636. The summed E-state index contributed by atoms with van der Waals surface area (Å²) in [5.74, 6) is 0.581. The molecule has 1 rings (SSSR count). The molecule has 4 heteroatoms. The summed E-state index contributed by atoms with van der Waals surface area (Å²) < 4.78 is 10.3. The van der Waals surface area contributed by atoms with Crippen LogP contribution < -0.4 is 5.32 Å². The number of furan rings is 1. The van der Waals surface area contributed by atoms with Gasteiger partial charge in [0.2, 0.25) is 0 Å². The lowest BCUT2D eigenvalue weighted by molar-refractivity contribution is 0.0201. The normalized spacial score (nSPS) is 14.1. The van der Waals surface area contributed by atoms with Crippen molar-refractivity contribution in [2.75, 3.05) is 20.2 Å². The molecule has 1 aromatic heterocycles. The first kappa shape index (κ1) is 12.2. The predicted octanol–water partition coefficient (Wildman–Crippen LogP) is 1.33. The van der Waals surface area contributed by atoms with Gasteiger partial charge in [-0.05, 0) is 26.0 Å². The van der Waals surface area contributed by atoms with E-state index in [1.165, 1.54) is 0 Å². The third kappa shape index (κ3) is 4.03. The summed E-state index contributed by atoms with van der Waals surface area (Å²) in [5, 5.41) is 12.8.